The first-order chi connectivity index (χ1) is 16.3. The van der Waals surface area contributed by atoms with E-state index in [2.05, 4.69) is 5.32 Å². The quantitative estimate of drug-likeness (QED) is 0.258. The fourth-order valence-corrected chi connectivity index (χ4v) is 2.97. The average molecular weight is 487 g/mol. The molecule has 11 heteroatoms. The number of amides is 1. The molecule has 0 spiro atoms. The summed E-state index contributed by atoms with van der Waals surface area (Å²) in [5, 5.41) is 14.0. The number of carbonyl (C=O) groups excluding carboxylic acids is 2. The lowest BCUT2D eigenvalue weighted by Gasteiger charge is -2.12. The summed E-state index contributed by atoms with van der Waals surface area (Å²) in [4.78, 5) is 35.1. The number of carbonyl (C=O) groups is 2. The van der Waals surface area contributed by atoms with E-state index in [1.807, 2.05) is 0 Å². The molecule has 0 heterocycles. The summed E-state index contributed by atoms with van der Waals surface area (Å²) >= 11 is 5.82. The summed E-state index contributed by atoms with van der Waals surface area (Å²) in [6.07, 6.45) is 0. The van der Waals surface area contributed by atoms with E-state index in [-0.39, 0.29) is 33.5 Å². The number of anilines is 1. The predicted molar refractivity (Wildman–Crippen MR) is 123 cm³/mol. The highest BCUT2D eigenvalue weighted by atomic mass is 35.5. The van der Waals surface area contributed by atoms with E-state index in [9.17, 15) is 19.7 Å². The maximum Gasteiger partial charge on any atom is 0.338 e. The molecule has 0 unspecified atom stereocenters. The van der Waals surface area contributed by atoms with Crippen LogP contribution in [0.25, 0.3) is 0 Å². The topological polar surface area (TPSA) is 126 Å². The molecule has 3 aromatic carbocycles. The van der Waals surface area contributed by atoms with Gasteiger partial charge in [0.05, 0.1) is 24.7 Å². The third-order valence-electron chi connectivity index (χ3n) is 4.45. The van der Waals surface area contributed by atoms with Gasteiger partial charge in [-0.25, -0.2) is 4.79 Å². The minimum absolute atomic E-state index is 0.0572. The van der Waals surface area contributed by atoms with Crippen LogP contribution in [-0.4, -0.2) is 37.6 Å². The van der Waals surface area contributed by atoms with Crippen LogP contribution in [0, 0.1) is 10.1 Å². The van der Waals surface area contributed by atoms with Crippen molar-refractivity contribution >= 4 is 34.9 Å². The minimum atomic E-state index is -0.771. The fourth-order valence-electron chi connectivity index (χ4n) is 2.80. The number of methoxy groups -OCH3 is 2. The van der Waals surface area contributed by atoms with Gasteiger partial charge in [0.15, 0.2) is 18.1 Å². The molecular weight excluding hydrogens is 468 g/mol. The first-order valence-electron chi connectivity index (χ1n) is 9.71. The highest BCUT2D eigenvalue weighted by molar-refractivity contribution is 6.30. The van der Waals surface area contributed by atoms with Gasteiger partial charge < -0.3 is 24.3 Å². The molecule has 0 aromatic heterocycles. The third-order valence-corrected chi connectivity index (χ3v) is 4.68. The van der Waals surface area contributed by atoms with Gasteiger partial charge in [0, 0.05) is 16.8 Å². The second kappa shape index (κ2) is 11.0. The molecule has 1 amide bonds. The standard InChI is InChI=1S/C23H19ClN2O8/c1-31-17-7-5-16(6-8-17)25-22(27)13-33-23(28)14-3-9-20(21(11-14)32-2)34-19-10-4-15(24)12-18(19)26(29)30/h3-12H,13H2,1-2H3,(H,25,27). The summed E-state index contributed by atoms with van der Waals surface area (Å²) in [6, 6.07) is 14.7. The number of nitrogens with zero attached hydrogens (tertiary/aromatic N) is 1. The largest absolute Gasteiger partial charge is 0.497 e. The smallest absolute Gasteiger partial charge is 0.338 e. The molecule has 0 saturated carbocycles. The van der Waals surface area contributed by atoms with Crippen LogP contribution in [-0.2, 0) is 9.53 Å². The normalized spacial score (nSPS) is 10.2. The Morgan fingerprint density at radius 1 is 0.941 bits per heavy atom. The Hall–Kier alpha value is -4.31. The van der Waals surface area contributed by atoms with Crippen molar-refractivity contribution < 1.29 is 33.5 Å². The van der Waals surface area contributed by atoms with E-state index < -0.39 is 23.4 Å². The van der Waals surface area contributed by atoms with Crippen molar-refractivity contribution in [1.82, 2.24) is 0 Å². The van der Waals surface area contributed by atoms with Crippen LogP contribution in [0.5, 0.6) is 23.0 Å². The van der Waals surface area contributed by atoms with Gasteiger partial charge in [-0.05, 0) is 54.6 Å². The number of nitrogens with one attached hydrogen (secondary N) is 1. The molecule has 10 nitrogen and oxygen atoms in total. The molecule has 0 aliphatic rings. The van der Waals surface area contributed by atoms with Crippen LogP contribution >= 0.6 is 11.6 Å². The van der Waals surface area contributed by atoms with Crippen LogP contribution in [0.15, 0.2) is 60.7 Å². The van der Waals surface area contributed by atoms with E-state index in [0.29, 0.717) is 11.4 Å². The molecular formula is C23H19ClN2O8. The number of esters is 1. The highest BCUT2D eigenvalue weighted by Gasteiger charge is 2.20. The minimum Gasteiger partial charge on any atom is -0.497 e. The molecule has 3 rings (SSSR count). The highest BCUT2D eigenvalue weighted by Crippen LogP contribution is 2.38. The second-order valence-corrected chi connectivity index (χ2v) is 7.13. The van der Waals surface area contributed by atoms with Gasteiger partial charge >= 0.3 is 11.7 Å². The molecule has 0 atom stereocenters. The Morgan fingerprint density at radius 3 is 2.29 bits per heavy atom. The number of rotatable bonds is 9. The van der Waals surface area contributed by atoms with Crippen LogP contribution in [0.1, 0.15) is 10.4 Å². The molecule has 3 aromatic rings. The lowest BCUT2D eigenvalue weighted by molar-refractivity contribution is -0.385. The Morgan fingerprint density at radius 2 is 1.65 bits per heavy atom. The number of ether oxygens (including phenoxy) is 4. The van der Waals surface area contributed by atoms with Gasteiger partial charge in [0.2, 0.25) is 5.75 Å². The lowest BCUT2D eigenvalue weighted by atomic mass is 10.2. The summed E-state index contributed by atoms with van der Waals surface area (Å²) in [6.45, 7) is -0.512. The van der Waals surface area contributed by atoms with Gasteiger partial charge in [0.25, 0.3) is 5.91 Å². The average Bonchev–Trinajstić information content (AvgIpc) is 2.84. The molecule has 34 heavy (non-hydrogen) atoms. The number of halogens is 1. The van der Waals surface area contributed by atoms with Crippen molar-refractivity contribution in [3.05, 3.63) is 81.4 Å². The van der Waals surface area contributed by atoms with Gasteiger partial charge in [-0.15, -0.1) is 0 Å². The SMILES string of the molecule is COc1ccc(NC(=O)COC(=O)c2ccc(Oc3ccc(Cl)cc3[N+](=O)[O-])c(OC)c2)cc1. The van der Waals surface area contributed by atoms with Crippen molar-refractivity contribution in [2.75, 3.05) is 26.1 Å². The van der Waals surface area contributed by atoms with Gasteiger partial charge in [-0.3, -0.25) is 14.9 Å². The van der Waals surface area contributed by atoms with Crippen molar-refractivity contribution in [3.8, 4) is 23.0 Å². The predicted octanol–water partition coefficient (Wildman–Crippen LogP) is 4.85. The molecule has 0 bridgehead atoms. The first-order valence-corrected chi connectivity index (χ1v) is 10.1. The zero-order chi connectivity index (χ0) is 24.7. The number of nitro benzene ring substituents is 1. The molecule has 0 saturated heterocycles. The summed E-state index contributed by atoms with van der Waals surface area (Å²) in [5.74, 6) is -0.467. The zero-order valence-corrected chi connectivity index (χ0v) is 18.8. The summed E-state index contributed by atoms with van der Waals surface area (Å²) in [7, 11) is 2.87. The Balaban J connectivity index is 1.66. The van der Waals surface area contributed by atoms with E-state index in [1.54, 1.807) is 24.3 Å². The van der Waals surface area contributed by atoms with E-state index >= 15 is 0 Å². The summed E-state index contributed by atoms with van der Waals surface area (Å²) < 4.78 is 21.0. The van der Waals surface area contributed by atoms with Gasteiger partial charge in [-0.2, -0.15) is 0 Å². The van der Waals surface area contributed by atoms with Gasteiger partial charge in [-0.1, -0.05) is 11.6 Å². The maximum atomic E-state index is 12.4. The molecule has 0 fully saturated rings. The monoisotopic (exact) mass is 486 g/mol. The zero-order valence-electron chi connectivity index (χ0n) is 18.1. The van der Waals surface area contributed by atoms with Crippen molar-refractivity contribution in [3.63, 3.8) is 0 Å². The number of hydrogen-bond acceptors (Lipinski definition) is 8. The van der Waals surface area contributed by atoms with E-state index in [1.165, 1.54) is 44.6 Å². The number of hydrogen-bond donors (Lipinski definition) is 1. The van der Waals surface area contributed by atoms with Crippen molar-refractivity contribution in [2.24, 2.45) is 0 Å². The lowest BCUT2D eigenvalue weighted by Crippen LogP contribution is -2.20. The van der Waals surface area contributed by atoms with Crippen LogP contribution in [0.2, 0.25) is 5.02 Å². The Labute approximate surface area is 199 Å². The molecule has 0 aliphatic carbocycles. The summed E-state index contributed by atoms with van der Waals surface area (Å²) in [5.41, 5.74) is 0.272. The van der Waals surface area contributed by atoms with E-state index in [4.69, 9.17) is 30.5 Å². The molecule has 1 N–H and O–H groups in total. The molecule has 0 aliphatic heterocycles. The number of nitro groups is 1. The molecule has 0 radical (unpaired) electrons. The van der Waals surface area contributed by atoms with Gasteiger partial charge in [0.1, 0.15) is 5.75 Å². The van der Waals surface area contributed by atoms with E-state index in [0.717, 1.165) is 6.07 Å². The maximum absolute atomic E-state index is 12.4. The van der Waals surface area contributed by atoms with Crippen molar-refractivity contribution in [2.45, 2.75) is 0 Å². The van der Waals surface area contributed by atoms with Crippen LogP contribution in [0.4, 0.5) is 11.4 Å². The Bertz CT molecular complexity index is 1210. The first kappa shape index (κ1) is 24.3. The second-order valence-electron chi connectivity index (χ2n) is 6.69. The van der Waals surface area contributed by atoms with Crippen LogP contribution in [0.3, 0.4) is 0 Å². The van der Waals surface area contributed by atoms with Crippen molar-refractivity contribution in [1.29, 1.82) is 0 Å². The molecule has 176 valence electrons. The van der Waals surface area contributed by atoms with Crippen LogP contribution < -0.4 is 19.5 Å². The fraction of sp³-hybridized carbons (Fsp3) is 0.130. The third kappa shape index (κ3) is 6.14. The Kier molecular flexibility index (Phi) is 7.88. The number of benzene rings is 3.